The fraction of sp³-hybridized carbons (Fsp3) is 0.500. The number of ketones is 1. The van der Waals surface area contributed by atoms with E-state index in [0.717, 1.165) is 19.3 Å². The normalized spacial score (nSPS) is 17.2. The van der Waals surface area contributed by atoms with Gasteiger partial charge in [-0.05, 0) is 31.4 Å². The summed E-state index contributed by atoms with van der Waals surface area (Å²) in [5.74, 6) is 0.516. The van der Waals surface area contributed by atoms with Gasteiger partial charge in [0.05, 0.1) is 6.61 Å². The van der Waals surface area contributed by atoms with Crippen LogP contribution in [0.2, 0.25) is 0 Å². The Labute approximate surface area is 72.9 Å². The molecule has 0 unspecified atom stereocenters. The van der Waals surface area contributed by atoms with Crippen molar-refractivity contribution in [3.05, 3.63) is 24.0 Å². The van der Waals surface area contributed by atoms with Crippen LogP contribution in [0.5, 0.6) is 0 Å². The molecule has 1 rings (SSSR count). The van der Waals surface area contributed by atoms with Crippen molar-refractivity contribution in [3.8, 4) is 0 Å². The Kier molecular flexibility index (Phi) is 3.58. The van der Waals surface area contributed by atoms with Crippen molar-refractivity contribution in [2.45, 2.75) is 26.2 Å². The van der Waals surface area contributed by atoms with Crippen LogP contribution in [0.3, 0.4) is 0 Å². The molecule has 0 N–H and O–H groups in total. The predicted octanol–water partition coefficient (Wildman–Crippen LogP) is 2.22. The minimum Gasteiger partial charge on any atom is -0.490 e. The summed E-state index contributed by atoms with van der Waals surface area (Å²) >= 11 is 0. The van der Waals surface area contributed by atoms with Gasteiger partial charge in [0.1, 0.15) is 0 Å². The van der Waals surface area contributed by atoms with E-state index >= 15 is 0 Å². The van der Waals surface area contributed by atoms with E-state index in [-0.39, 0.29) is 5.78 Å². The molecule has 1 aliphatic rings. The minimum atomic E-state index is -0.00319. The zero-order valence-electron chi connectivity index (χ0n) is 7.38. The zero-order chi connectivity index (χ0) is 8.81. The molecule has 2 nitrogen and oxygen atoms in total. The van der Waals surface area contributed by atoms with E-state index in [0.29, 0.717) is 12.4 Å². The van der Waals surface area contributed by atoms with Gasteiger partial charge in [-0.25, -0.2) is 0 Å². The van der Waals surface area contributed by atoms with Gasteiger partial charge in [0.25, 0.3) is 0 Å². The van der Waals surface area contributed by atoms with Crippen LogP contribution >= 0.6 is 0 Å². The van der Waals surface area contributed by atoms with Crippen LogP contribution in [-0.2, 0) is 9.53 Å². The second kappa shape index (κ2) is 4.75. The van der Waals surface area contributed by atoms with Gasteiger partial charge in [-0.3, -0.25) is 4.79 Å². The Hall–Kier alpha value is -1.05. The first-order chi connectivity index (χ1) is 5.84. The third-order valence-electron chi connectivity index (χ3n) is 1.68. The standard InChI is InChI=1S/C10H14O2/c1-2-3-6-9(11)10-7-4-5-8-12-10/h3,6-7H,2,4-5,8H2,1H3/b6-3+. The van der Waals surface area contributed by atoms with Crippen molar-refractivity contribution in [2.75, 3.05) is 6.61 Å². The molecular weight excluding hydrogens is 152 g/mol. The Balaban J connectivity index is 2.51. The summed E-state index contributed by atoms with van der Waals surface area (Å²) in [7, 11) is 0. The fourth-order valence-electron chi connectivity index (χ4n) is 1.04. The molecule has 1 heterocycles. The lowest BCUT2D eigenvalue weighted by atomic mass is 10.2. The average molecular weight is 166 g/mol. The number of ether oxygens (including phenoxy) is 1. The third-order valence-corrected chi connectivity index (χ3v) is 1.68. The SMILES string of the molecule is CC/C=C/C(=O)C1=CCCCO1. The van der Waals surface area contributed by atoms with E-state index in [1.54, 1.807) is 6.08 Å². The molecule has 0 aromatic rings. The number of rotatable bonds is 3. The lowest BCUT2D eigenvalue weighted by Crippen LogP contribution is -2.08. The van der Waals surface area contributed by atoms with Gasteiger partial charge in [0.15, 0.2) is 5.76 Å². The van der Waals surface area contributed by atoms with Crippen molar-refractivity contribution < 1.29 is 9.53 Å². The molecule has 0 spiro atoms. The van der Waals surface area contributed by atoms with E-state index in [9.17, 15) is 4.79 Å². The van der Waals surface area contributed by atoms with E-state index in [1.165, 1.54) is 0 Å². The van der Waals surface area contributed by atoms with Gasteiger partial charge in [-0.1, -0.05) is 13.0 Å². The first-order valence-corrected chi connectivity index (χ1v) is 4.38. The van der Waals surface area contributed by atoms with E-state index in [1.807, 2.05) is 19.1 Å². The molecular formula is C10H14O2. The summed E-state index contributed by atoms with van der Waals surface area (Å²) < 4.78 is 5.20. The molecule has 0 aliphatic carbocycles. The molecule has 0 bridgehead atoms. The summed E-state index contributed by atoms with van der Waals surface area (Å²) in [6.45, 7) is 2.68. The highest BCUT2D eigenvalue weighted by atomic mass is 16.5. The van der Waals surface area contributed by atoms with Crippen LogP contribution in [0.15, 0.2) is 24.0 Å². The minimum absolute atomic E-state index is 0.00319. The van der Waals surface area contributed by atoms with Gasteiger partial charge < -0.3 is 4.74 Å². The van der Waals surface area contributed by atoms with E-state index in [2.05, 4.69) is 0 Å². The predicted molar refractivity (Wildman–Crippen MR) is 47.7 cm³/mol. The van der Waals surface area contributed by atoms with Crippen LogP contribution in [0.4, 0.5) is 0 Å². The first kappa shape index (κ1) is 9.04. The number of allylic oxidation sites excluding steroid dienone is 3. The molecule has 12 heavy (non-hydrogen) atoms. The monoisotopic (exact) mass is 166 g/mol. The van der Waals surface area contributed by atoms with Crippen molar-refractivity contribution in [1.29, 1.82) is 0 Å². The first-order valence-electron chi connectivity index (χ1n) is 4.38. The maximum atomic E-state index is 11.3. The van der Waals surface area contributed by atoms with Crippen LogP contribution in [0.1, 0.15) is 26.2 Å². The zero-order valence-corrected chi connectivity index (χ0v) is 7.38. The molecule has 0 radical (unpaired) electrons. The Morgan fingerprint density at radius 2 is 2.58 bits per heavy atom. The molecule has 0 atom stereocenters. The molecule has 0 fully saturated rings. The highest BCUT2D eigenvalue weighted by molar-refractivity contribution is 6.02. The Bertz CT molecular complexity index is 214. The molecule has 0 amide bonds. The highest BCUT2D eigenvalue weighted by Gasteiger charge is 2.09. The second-order valence-corrected chi connectivity index (χ2v) is 2.73. The van der Waals surface area contributed by atoms with Crippen LogP contribution in [0.25, 0.3) is 0 Å². The van der Waals surface area contributed by atoms with Gasteiger partial charge in [-0.2, -0.15) is 0 Å². The van der Waals surface area contributed by atoms with Gasteiger partial charge in [-0.15, -0.1) is 0 Å². The van der Waals surface area contributed by atoms with Gasteiger partial charge >= 0.3 is 0 Å². The Morgan fingerprint density at radius 3 is 3.17 bits per heavy atom. The molecule has 0 aromatic carbocycles. The van der Waals surface area contributed by atoms with Crippen molar-refractivity contribution in [3.63, 3.8) is 0 Å². The number of hydrogen-bond donors (Lipinski definition) is 0. The summed E-state index contributed by atoms with van der Waals surface area (Å²) in [4.78, 5) is 11.3. The molecule has 66 valence electrons. The maximum Gasteiger partial charge on any atom is 0.219 e. The summed E-state index contributed by atoms with van der Waals surface area (Å²) in [6.07, 6.45) is 8.17. The van der Waals surface area contributed by atoms with E-state index < -0.39 is 0 Å². The fourth-order valence-corrected chi connectivity index (χ4v) is 1.04. The Morgan fingerprint density at radius 1 is 1.75 bits per heavy atom. The van der Waals surface area contributed by atoms with Crippen LogP contribution < -0.4 is 0 Å². The second-order valence-electron chi connectivity index (χ2n) is 2.73. The van der Waals surface area contributed by atoms with Crippen LogP contribution in [-0.4, -0.2) is 12.4 Å². The topological polar surface area (TPSA) is 26.3 Å². The molecule has 0 saturated carbocycles. The maximum absolute atomic E-state index is 11.3. The van der Waals surface area contributed by atoms with Gasteiger partial charge in [0.2, 0.25) is 5.78 Å². The number of carbonyl (C=O) groups is 1. The largest absolute Gasteiger partial charge is 0.490 e. The summed E-state index contributed by atoms with van der Waals surface area (Å²) in [6, 6.07) is 0. The highest BCUT2D eigenvalue weighted by Crippen LogP contribution is 2.10. The quantitative estimate of drug-likeness (QED) is 0.601. The molecule has 0 aromatic heterocycles. The lowest BCUT2D eigenvalue weighted by molar-refractivity contribution is -0.114. The smallest absolute Gasteiger partial charge is 0.219 e. The third kappa shape index (κ3) is 2.53. The molecule has 2 heteroatoms. The molecule has 1 aliphatic heterocycles. The van der Waals surface area contributed by atoms with Crippen molar-refractivity contribution >= 4 is 5.78 Å². The number of hydrogen-bond acceptors (Lipinski definition) is 2. The van der Waals surface area contributed by atoms with E-state index in [4.69, 9.17) is 4.74 Å². The number of carbonyl (C=O) groups excluding carboxylic acids is 1. The van der Waals surface area contributed by atoms with Crippen molar-refractivity contribution in [2.24, 2.45) is 0 Å². The molecule has 0 saturated heterocycles. The summed E-state index contributed by atoms with van der Waals surface area (Å²) in [5.41, 5.74) is 0. The van der Waals surface area contributed by atoms with Crippen molar-refractivity contribution in [1.82, 2.24) is 0 Å². The van der Waals surface area contributed by atoms with Gasteiger partial charge in [0, 0.05) is 0 Å². The van der Waals surface area contributed by atoms with Crippen LogP contribution in [0, 0.1) is 0 Å². The summed E-state index contributed by atoms with van der Waals surface area (Å²) in [5, 5.41) is 0. The average Bonchev–Trinajstić information content (AvgIpc) is 2.15. The lowest BCUT2D eigenvalue weighted by Gasteiger charge is -2.11.